The molecule has 0 aromatic heterocycles. The van der Waals surface area contributed by atoms with Gasteiger partial charge in [0.25, 0.3) is 0 Å². The number of hydrogen-bond acceptors (Lipinski definition) is 5. The highest BCUT2D eigenvalue weighted by atomic mass is 35.5. The van der Waals surface area contributed by atoms with E-state index < -0.39 is 23.1 Å². The third-order valence-corrected chi connectivity index (χ3v) is 3.94. The number of fused-ring (bicyclic) bond motifs is 2. The number of rotatable bonds is 0. The van der Waals surface area contributed by atoms with Crippen molar-refractivity contribution in [2.75, 3.05) is 0 Å². The number of halogens is 1. The normalized spacial score (nSPS) is 13.0. The van der Waals surface area contributed by atoms with Gasteiger partial charge in [-0.05, 0) is 24.6 Å². The molecule has 3 rings (SSSR count). The van der Waals surface area contributed by atoms with E-state index in [-0.39, 0.29) is 33.0 Å². The van der Waals surface area contributed by atoms with E-state index in [9.17, 15) is 24.9 Å². The summed E-state index contributed by atoms with van der Waals surface area (Å²) in [5, 5.41) is 29.3. The number of phenolic OH excluding ortho intramolecular Hbond substituents is 3. The SMILES string of the molecule is Cc1cc2c(c(O)c1Cl)C(=O)c1c(O)cc(O)cc1C2=O. The van der Waals surface area contributed by atoms with Gasteiger partial charge >= 0.3 is 0 Å². The molecule has 0 unspecified atom stereocenters. The Balaban J connectivity index is 2.42. The summed E-state index contributed by atoms with van der Waals surface area (Å²) in [6.45, 7) is 1.59. The zero-order valence-corrected chi connectivity index (χ0v) is 11.5. The van der Waals surface area contributed by atoms with Crippen molar-refractivity contribution in [1.82, 2.24) is 0 Å². The second-order valence-electron chi connectivity index (χ2n) is 4.82. The summed E-state index contributed by atoms with van der Waals surface area (Å²) in [7, 11) is 0. The predicted octanol–water partition coefficient (Wildman–Crippen LogP) is 2.54. The van der Waals surface area contributed by atoms with Gasteiger partial charge < -0.3 is 15.3 Å². The average molecular weight is 305 g/mol. The molecule has 0 spiro atoms. The number of aryl methyl sites for hydroxylation is 1. The summed E-state index contributed by atoms with van der Waals surface area (Å²) in [6, 6.07) is 3.47. The fourth-order valence-corrected chi connectivity index (χ4v) is 2.63. The van der Waals surface area contributed by atoms with Crippen LogP contribution < -0.4 is 0 Å². The minimum Gasteiger partial charge on any atom is -0.508 e. The van der Waals surface area contributed by atoms with Crippen LogP contribution in [0.4, 0.5) is 0 Å². The highest BCUT2D eigenvalue weighted by Gasteiger charge is 2.36. The first-order valence-electron chi connectivity index (χ1n) is 6.00. The van der Waals surface area contributed by atoms with Crippen molar-refractivity contribution in [3.63, 3.8) is 0 Å². The lowest BCUT2D eigenvalue weighted by atomic mass is 9.82. The van der Waals surface area contributed by atoms with Crippen LogP contribution in [-0.2, 0) is 0 Å². The van der Waals surface area contributed by atoms with Gasteiger partial charge in [0, 0.05) is 17.2 Å². The van der Waals surface area contributed by atoms with Crippen LogP contribution in [0.15, 0.2) is 18.2 Å². The summed E-state index contributed by atoms with van der Waals surface area (Å²) in [5.41, 5.74) is -0.144. The zero-order chi connectivity index (χ0) is 15.5. The van der Waals surface area contributed by atoms with Gasteiger partial charge in [-0.25, -0.2) is 0 Å². The molecule has 2 aromatic rings. The van der Waals surface area contributed by atoms with Crippen LogP contribution in [0.1, 0.15) is 37.4 Å². The molecule has 0 radical (unpaired) electrons. The van der Waals surface area contributed by atoms with Crippen molar-refractivity contribution >= 4 is 23.2 Å². The Morgan fingerprint density at radius 1 is 0.905 bits per heavy atom. The summed E-state index contributed by atoms with van der Waals surface area (Å²) >= 11 is 5.90. The van der Waals surface area contributed by atoms with Crippen LogP contribution in [0, 0.1) is 6.92 Å². The number of hydrogen-bond donors (Lipinski definition) is 3. The fraction of sp³-hybridized carbons (Fsp3) is 0.0667. The molecule has 0 saturated heterocycles. The Morgan fingerprint density at radius 3 is 2.19 bits per heavy atom. The third-order valence-electron chi connectivity index (χ3n) is 3.47. The van der Waals surface area contributed by atoms with Crippen molar-refractivity contribution in [3.8, 4) is 17.2 Å². The Hall–Kier alpha value is -2.53. The molecule has 1 aliphatic rings. The van der Waals surface area contributed by atoms with Crippen molar-refractivity contribution < 1.29 is 24.9 Å². The molecule has 2 aromatic carbocycles. The van der Waals surface area contributed by atoms with E-state index in [4.69, 9.17) is 11.6 Å². The molecule has 0 aliphatic heterocycles. The van der Waals surface area contributed by atoms with E-state index in [1.807, 2.05) is 0 Å². The van der Waals surface area contributed by atoms with Gasteiger partial charge in [-0.2, -0.15) is 0 Å². The van der Waals surface area contributed by atoms with Gasteiger partial charge in [-0.15, -0.1) is 0 Å². The monoisotopic (exact) mass is 304 g/mol. The van der Waals surface area contributed by atoms with Gasteiger partial charge in [0.15, 0.2) is 5.78 Å². The van der Waals surface area contributed by atoms with Crippen LogP contribution in [0.3, 0.4) is 0 Å². The molecular weight excluding hydrogens is 296 g/mol. The maximum Gasteiger partial charge on any atom is 0.202 e. The molecule has 1 aliphatic carbocycles. The first-order valence-corrected chi connectivity index (χ1v) is 6.38. The minimum absolute atomic E-state index is 0.00287. The Morgan fingerprint density at radius 2 is 1.52 bits per heavy atom. The highest BCUT2D eigenvalue weighted by molar-refractivity contribution is 6.36. The van der Waals surface area contributed by atoms with E-state index in [1.54, 1.807) is 6.92 Å². The topological polar surface area (TPSA) is 94.8 Å². The summed E-state index contributed by atoms with van der Waals surface area (Å²) in [5.74, 6) is -2.61. The molecule has 0 bridgehead atoms. The highest BCUT2D eigenvalue weighted by Crippen LogP contribution is 2.42. The number of ketones is 2. The van der Waals surface area contributed by atoms with Crippen molar-refractivity contribution in [2.24, 2.45) is 0 Å². The summed E-state index contributed by atoms with van der Waals surface area (Å²) < 4.78 is 0. The van der Waals surface area contributed by atoms with Crippen molar-refractivity contribution in [1.29, 1.82) is 0 Å². The fourth-order valence-electron chi connectivity index (χ4n) is 2.48. The molecule has 106 valence electrons. The molecule has 3 N–H and O–H groups in total. The molecule has 5 nitrogen and oxygen atoms in total. The van der Waals surface area contributed by atoms with Crippen molar-refractivity contribution in [2.45, 2.75) is 6.92 Å². The largest absolute Gasteiger partial charge is 0.508 e. The van der Waals surface area contributed by atoms with Crippen LogP contribution >= 0.6 is 11.6 Å². The van der Waals surface area contributed by atoms with E-state index in [1.165, 1.54) is 6.07 Å². The molecular formula is C15H9ClO5. The number of carbonyl (C=O) groups is 2. The molecule has 0 saturated carbocycles. The van der Waals surface area contributed by atoms with Crippen LogP contribution in [-0.4, -0.2) is 26.9 Å². The van der Waals surface area contributed by atoms with Gasteiger partial charge in [-0.1, -0.05) is 11.6 Å². The van der Waals surface area contributed by atoms with Crippen LogP contribution in [0.5, 0.6) is 17.2 Å². The first-order chi connectivity index (χ1) is 9.82. The Bertz CT molecular complexity index is 839. The maximum absolute atomic E-state index is 12.5. The van der Waals surface area contributed by atoms with Crippen molar-refractivity contribution in [3.05, 3.63) is 51.0 Å². The number of aromatic hydroxyl groups is 3. The lowest BCUT2D eigenvalue weighted by molar-refractivity contribution is 0.0974. The second kappa shape index (κ2) is 4.23. The van der Waals surface area contributed by atoms with Crippen LogP contribution in [0.2, 0.25) is 5.02 Å². The molecule has 0 amide bonds. The van der Waals surface area contributed by atoms with Gasteiger partial charge in [0.2, 0.25) is 5.78 Å². The van der Waals surface area contributed by atoms with E-state index >= 15 is 0 Å². The molecule has 0 heterocycles. The Labute approximate surface area is 124 Å². The van der Waals surface area contributed by atoms with Gasteiger partial charge in [0.05, 0.1) is 16.1 Å². The Kier molecular flexibility index (Phi) is 2.71. The molecule has 0 fully saturated rings. The summed E-state index contributed by atoms with van der Waals surface area (Å²) in [4.78, 5) is 24.9. The summed E-state index contributed by atoms with van der Waals surface area (Å²) in [6.07, 6.45) is 0. The predicted molar refractivity (Wildman–Crippen MR) is 74.5 cm³/mol. The zero-order valence-electron chi connectivity index (χ0n) is 10.8. The van der Waals surface area contributed by atoms with E-state index in [2.05, 4.69) is 0 Å². The molecule has 0 atom stereocenters. The standard InChI is InChI=1S/C15H9ClO5/c1-5-2-7-11(15(21)12(5)16)14(20)10-8(13(7)19)3-6(17)4-9(10)18/h2-4,17-18,21H,1H3. The van der Waals surface area contributed by atoms with Gasteiger partial charge in [0.1, 0.15) is 17.2 Å². The first kappa shape index (κ1) is 13.5. The minimum atomic E-state index is -0.712. The number of phenols is 3. The van der Waals surface area contributed by atoms with E-state index in [0.717, 1.165) is 12.1 Å². The lowest BCUT2D eigenvalue weighted by Crippen LogP contribution is -2.21. The van der Waals surface area contributed by atoms with Gasteiger partial charge in [-0.3, -0.25) is 9.59 Å². The van der Waals surface area contributed by atoms with E-state index in [0.29, 0.717) is 5.56 Å². The number of benzene rings is 2. The lowest BCUT2D eigenvalue weighted by Gasteiger charge is -2.20. The average Bonchev–Trinajstić information content (AvgIpc) is 2.41. The maximum atomic E-state index is 12.5. The second-order valence-corrected chi connectivity index (χ2v) is 5.20. The third kappa shape index (κ3) is 1.71. The quantitative estimate of drug-likeness (QED) is 0.593. The smallest absolute Gasteiger partial charge is 0.202 e. The van der Waals surface area contributed by atoms with Crippen LogP contribution in [0.25, 0.3) is 0 Å². The molecule has 21 heavy (non-hydrogen) atoms. The molecule has 6 heteroatoms. The number of carbonyl (C=O) groups excluding carboxylic acids is 2.